The van der Waals surface area contributed by atoms with Gasteiger partial charge in [0.15, 0.2) is 5.69 Å². The van der Waals surface area contributed by atoms with E-state index in [1.165, 1.54) is 5.69 Å². The molecule has 1 atom stereocenters. The number of likely N-dealkylation sites (N-methyl/N-ethyl adjacent to an activating group) is 1. The molecule has 3 heterocycles. The van der Waals surface area contributed by atoms with Crippen LogP contribution in [0, 0.1) is 6.92 Å². The number of amides is 1. The summed E-state index contributed by atoms with van der Waals surface area (Å²) in [5.74, 6) is 0.0607. The Kier molecular flexibility index (Phi) is 5.80. The first-order chi connectivity index (χ1) is 13.6. The van der Waals surface area contributed by atoms with Gasteiger partial charge in [0, 0.05) is 48.0 Å². The first-order valence-corrected chi connectivity index (χ1v) is 11.0. The van der Waals surface area contributed by atoms with Crippen LogP contribution in [0.1, 0.15) is 45.8 Å². The van der Waals surface area contributed by atoms with Gasteiger partial charge in [-0.25, -0.2) is 4.98 Å². The first kappa shape index (κ1) is 19.5. The van der Waals surface area contributed by atoms with Crippen molar-refractivity contribution < 1.29 is 9.53 Å². The lowest BCUT2D eigenvalue weighted by Crippen LogP contribution is -2.42. The molecular weight excluding hydrogens is 374 g/mol. The molecule has 1 saturated heterocycles. The van der Waals surface area contributed by atoms with E-state index in [9.17, 15) is 4.79 Å². The number of rotatable bonds is 5. The fraction of sp³-hybridized carbons (Fsp3) is 0.650. The normalized spacial score (nSPS) is 19.9. The van der Waals surface area contributed by atoms with Crippen molar-refractivity contribution in [2.45, 2.75) is 52.2 Å². The Balaban J connectivity index is 1.54. The molecule has 1 fully saturated rings. The number of morpholine rings is 1. The average molecular weight is 404 g/mol. The van der Waals surface area contributed by atoms with E-state index in [1.807, 2.05) is 16.5 Å². The Bertz CT molecular complexity index is 840. The molecule has 28 heavy (non-hydrogen) atoms. The van der Waals surface area contributed by atoms with Crippen LogP contribution in [0.4, 0.5) is 0 Å². The van der Waals surface area contributed by atoms with Crippen LogP contribution in [-0.4, -0.2) is 69.9 Å². The molecule has 152 valence electrons. The van der Waals surface area contributed by atoms with Gasteiger partial charge in [-0.2, -0.15) is 5.10 Å². The average Bonchev–Trinajstić information content (AvgIpc) is 3.30. The highest BCUT2D eigenvalue weighted by atomic mass is 32.1. The standard InChI is InChI=1S/C20H29N5O2S/c1-4-25-17-6-5-15(23(3)12-18-21-14(2)13-28-18)11-16(17)19(22-25)20(26)24-7-9-27-10-8-24/h13,15H,4-12H2,1-3H3. The number of aromatic nitrogens is 3. The molecule has 0 N–H and O–H groups in total. The minimum Gasteiger partial charge on any atom is -0.378 e. The maximum atomic E-state index is 13.1. The van der Waals surface area contributed by atoms with Gasteiger partial charge in [-0.1, -0.05) is 0 Å². The van der Waals surface area contributed by atoms with E-state index in [0.717, 1.165) is 48.6 Å². The lowest BCUT2D eigenvalue weighted by molar-refractivity contribution is 0.0297. The lowest BCUT2D eigenvalue weighted by Gasteiger charge is -2.31. The second kappa shape index (κ2) is 8.31. The highest BCUT2D eigenvalue weighted by Crippen LogP contribution is 2.29. The van der Waals surface area contributed by atoms with Crippen molar-refractivity contribution in [1.29, 1.82) is 0 Å². The van der Waals surface area contributed by atoms with Crippen LogP contribution in [0.15, 0.2) is 5.38 Å². The molecule has 0 saturated carbocycles. The molecule has 2 aromatic rings. The summed E-state index contributed by atoms with van der Waals surface area (Å²) in [4.78, 5) is 22.0. The van der Waals surface area contributed by atoms with Crippen LogP contribution < -0.4 is 0 Å². The van der Waals surface area contributed by atoms with Crippen LogP contribution in [0.3, 0.4) is 0 Å². The van der Waals surface area contributed by atoms with E-state index < -0.39 is 0 Å². The number of carbonyl (C=O) groups excluding carboxylic acids is 1. The molecule has 0 radical (unpaired) electrons. The highest BCUT2D eigenvalue weighted by Gasteiger charge is 2.32. The number of fused-ring (bicyclic) bond motifs is 1. The van der Waals surface area contributed by atoms with Crippen molar-refractivity contribution in [3.63, 3.8) is 0 Å². The summed E-state index contributed by atoms with van der Waals surface area (Å²) in [5, 5.41) is 7.98. The van der Waals surface area contributed by atoms with Crippen molar-refractivity contribution >= 4 is 17.2 Å². The quantitative estimate of drug-likeness (QED) is 0.765. The van der Waals surface area contributed by atoms with Crippen molar-refractivity contribution in [2.24, 2.45) is 0 Å². The van der Waals surface area contributed by atoms with Gasteiger partial charge in [0.2, 0.25) is 0 Å². The zero-order valence-electron chi connectivity index (χ0n) is 17.0. The van der Waals surface area contributed by atoms with E-state index in [1.54, 1.807) is 11.3 Å². The predicted octanol–water partition coefficient (Wildman–Crippen LogP) is 2.13. The van der Waals surface area contributed by atoms with Gasteiger partial charge in [-0.3, -0.25) is 14.4 Å². The van der Waals surface area contributed by atoms with Crippen LogP contribution in [0.2, 0.25) is 0 Å². The number of ether oxygens (including phenoxy) is 1. The molecule has 0 bridgehead atoms. The Hall–Kier alpha value is -1.77. The lowest BCUT2D eigenvalue weighted by atomic mass is 9.90. The van der Waals surface area contributed by atoms with Gasteiger partial charge in [-0.05, 0) is 40.2 Å². The number of hydrogen-bond acceptors (Lipinski definition) is 6. The summed E-state index contributed by atoms with van der Waals surface area (Å²) < 4.78 is 7.43. The van der Waals surface area contributed by atoms with Crippen LogP contribution >= 0.6 is 11.3 Å². The summed E-state index contributed by atoms with van der Waals surface area (Å²) in [7, 11) is 2.17. The van der Waals surface area contributed by atoms with Gasteiger partial charge in [-0.15, -0.1) is 11.3 Å². The molecule has 1 aliphatic carbocycles. The predicted molar refractivity (Wildman–Crippen MR) is 109 cm³/mol. The van der Waals surface area contributed by atoms with Gasteiger partial charge in [0.1, 0.15) is 5.01 Å². The summed E-state index contributed by atoms with van der Waals surface area (Å²) in [6.45, 7) is 8.32. The number of carbonyl (C=O) groups is 1. The summed E-state index contributed by atoms with van der Waals surface area (Å²) in [5.41, 5.74) is 4.13. The Morgan fingerprint density at radius 1 is 1.39 bits per heavy atom. The molecule has 8 heteroatoms. The van der Waals surface area contributed by atoms with E-state index >= 15 is 0 Å². The fourth-order valence-electron chi connectivity index (χ4n) is 4.21. The van der Waals surface area contributed by atoms with Gasteiger partial charge < -0.3 is 9.64 Å². The molecule has 1 aliphatic heterocycles. The second-order valence-corrected chi connectivity index (χ2v) is 8.63. The molecule has 7 nitrogen and oxygen atoms in total. The van der Waals surface area contributed by atoms with Crippen LogP contribution in [0.5, 0.6) is 0 Å². The van der Waals surface area contributed by atoms with Gasteiger partial charge in [0.05, 0.1) is 19.8 Å². The minimum absolute atomic E-state index is 0.0607. The first-order valence-electron chi connectivity index (χ1n) is 10.1. The highest BCUT2D eigenvalue weighted by molar-refractivity contribution is 7.09. The third-order valence-electron chi connectivity index (χ3n) is 5.80. The molecule has 1 unspecified atom stereocenters. The summed E-state index contributed by atoms with van der Waals surface area (Å²) in [6.07, 6.45) is 2.94. The number of hydrogen-bond donors (Lipinski definition) is 0. The third kappa shape index (κ3) is 3.86. The number of aryl methyl sites for hydroxylation is 2. The van der Waals surface area contributed by atoms with Crippen molar-refractivity contribution in [2.75, 3.05) is 33.4 Å². The molecule has 2 aliphatic rings. The van der Waals surface area contributed by atoms with E-state index in [0.29, 0.717) is 38.0 Å². The number of nitrogens with zero attached hydrogens (tertiary/aromatic N) is 5. The maximum Gasteiger partial charge on any atom is 0.274 e. The zero-order chi connectivity index (χ0) is 19.7. The van der Waals surface area contributed by atoms with Crippen LogP contribution in [-0.2, 0) is 30.7 Å². The monoisotopic (exact) mass is 403 g/mol. The largest absolute Gasteiger partial charge is 0.378 e. The molecule has 2 aromatic heterocycles. The smallest absolute Gasteiger partial charge is 0.274 e. The topological polar surface area (TPSA) is 63.5 Å². The molecular formula is C20H29N5O2S. The third-order valence-corrected chi connectivity index (χ3v) is 6.75. The summed E-state index contributed by atoms with van der Waals surface area (Å²) >= 11 is 1.72. The number of thiazole rings is 1. The Labute approximate surface area is 170 Å². The van der Waals surface area contributed by atoms with Crippen molar-refractivity contribution in [1.82, 2.24) is 24.6 Å². The van der Waals surface area contributed by atoms with Gasteiger partial charge in [0.25, 0.3) is 5.91 Å². The maximum absolute atomic E-state index is 13.1. The zero-order valence-corrected chi connectivity index (χ0v) is 17.8. The minimum atomic E-state index is 0.0607. The Morgan fingerprint density at radius 2 is 2.18 bits per heavy atom. The van der Waals surface area contributed by atoms with Crippen molar-refractivity contribution in [3.8, 4) is 0 Å². The molecule has 0 aromatic carbocycles. The molecule has 1 amide bonds. The molecule has 0 spiro atoms. The van der Waals surface area contributed by atoms with Crippen molar-refractivity contribution in [3.05, 3.63) is 33.0 Å². The fourth-order valence-corrected chi connectivity index (χ4v) is 5.05. The van der Waals surface area contributed by atoms with E-state index in [2.05, 4.69) is 29.2 Å². The van der Waals surface area contributed by atoms with E-state index in [-0.39, 0.29) is 5.91 Å². The van der Waals surface area contributed by atoms with E-state index in [4.69, 9.17) is 9.84 Å². The van der Waals surface area contributed by atoms with Gasteiger partial charge >= 0.3 is 0 Å². The molecule has 4 rings (SSSR count). The second-order valence-electron chi connectivity index (χ2n) is 7.69. The SMILES string of the molecule is CCn1nc(C(=O)N2CCOCC2)c2c1CCC(N(C)Cc1nc(C)cs1)C2. The Morgan fingerprint density at radius 3 is 2.86 bits per heavy atom. The van der Waals surface area contributed by atoms with Crippen LogP contribution in [0.25, 0.3) is 0 Å². The summed E-state index contributed by atoms with van der Waals surface area (Å²) in [6, 6.07) is 0.405.